The molecule has 1 N–H and O–H groups in total. The molecular weight excluding hydrogens is 280 g/mol. The quantitative estimate of drug-likeness (QED) is 0.820. The highest BCUT2D eigenvalue weighted by atomic mass is 32.2. The third kappa shape index (κ3) is 3.93. The van der Waals surface area contributed by atoms with Crippen molar-refractivity contribution >= 4 is 15.9 Å². The second kappa shape index (κ2) is 5.99. The van der Waals surface area contributed by atoms with Crippen molar-refractivity contribution in [2.45, 2.75) is 50.7 Å². The van der Waals surface area contributed by atoms with Gasteiger partial charge < -0.3 is 9.64 Å². The highest BCUT2D eigenvalue weighted by Crippen LogP contribution is 2.36. The Morgan fingerprint density at radius 2 is 2.20 bits per heavy atom. The molecule has 0 aliphatic carbocycles. The molecule has 2 rings (SSSR count). The average Bonchev–Trinajstić information content (AvgIpc) is 2.78. The summed E-state index contributed by atoms with van der Waals surface area (Å²) in [6, 6.07) is 0. The van der Waals surface area contributed by atoms with Crippen LogP contribution in [0.25, 0.3) is 0 Å². The second-order valence-corrected chi connectivity index (χ2v) is 7.69. The van der Waals surface area contributed by atoms with Crippen LogP contribution in [0, 0.1) is 0 Å². The first-order valence-electron chi connectivity index (χ1n) is 7.24. The van der Waals surface area contributed by atoms with Crippen molar-refractivity contribution in [2.75, 3.05) is 25.9 Å². The van der Waals surface area contributed by atoms with Crippen molar-refractivity contribution in [3.8, 4) is 0 Å². The van der Waals surface area contributed by atoms with Crippen LogP contribution in [0.3, 0.4) is 0 Å². The smallest absolute Gasteiger partial charge is 0.222 e. The molecule has 0 radical (unpaired) electrons. The van der Waals surface area contributed by atoms with Crippen LogP contribution in [0.15, 0.2) is 0 Å². The Hall–Kier alpha value is -0.660. The summed E-state index contributed by atoms with van der Waals surface area (Å²) in [5.74, 6) is 0.168. The normalized spacial score (nSPS) is 30.9. The van der Waals surface area contributed by atoms with Gasteiger partial charge in [0, 0.05) is 26.1 Å². The summed E-state index contributed by atoms with van der Waals surface area (Å²) < 4.78 is 30.9. The maximum absolute atomic E-state index is 11.8. The van der Waals surface area contributed by atoms with Gasteiger partial charge in [0.15, 0.2) is 0 Å². The van der Waals surface area contributed by atoms with Crippen molar-refractivity contribution in [1.29, 1.82) is 0 Å². The molecule has 0 saturated carbocycles. The first-order chi connectivity index (χ1) is 9.34. The van der Waals surface area contributed by atoms with Crippen LogP contribution in [-0.2, 0) is 19.6 Å². The highest BCUT2D eigenvalue weighted by Gasteiger charge is 2.44. The van der Waals surface area contributed by atoms with E-state index in [1.54, 1.807) is 0 Å². The van der Waals surface area contributed by atoms with E-state index in [2.05, 4.69) is 4.72 Å². The monoisotopic (exact) mass is 304 g/mol. The van der Waals surface area contributed by atoms with E-state index in [4.69, 9.17) is 4.74 Å². The summed E-state index contributed by atoms with van der Waals surface area (Å²) in [6.07, 6.45) is 5.29. The van der Waals surface area contributed by atoms with E-state index >= 15 is 0 Å². The summed E-state index contributed by atoms with van der Waals surface area (Å²) in [4.78, 5) is 13.6. The van der Waals surface area contributed by atoms with Gasteiger partial charge in [-0.3, -0.25) is 4.79 Å². The van der Waals surface area contributed by atoms with Crippen LogP contribution in [0.5, 0.6) is 0 Å². The van der Waals surface area contributed by atoms with Gasteiger partial charge in [-0.25, -0.2) is 13.1 Å². The van der Waals surface area contributed by atoms with E-state index in [1.807, 2.05) is 11.8 Å². The zero-order valence-electron chi connectivity index (χ0n) is 12.2. The molecule has 7 heteroatoms. The van der Waals surface area contributed by atoms with Crippen molar-refractivity contribution in [2.24, 2.45) is 0 Å². The van der Waals surface area contributed by atoms with E-state index in [-0.39, 0.29) is 17.6 Å². The first-order valence-corrected chi connectivity index (χ1v) is 9.13. The molecule has 2 aliphatic heterocycles. The van der Waals surface area contributed by atoms with E-state index in [0.29, 0.717) is 19.5 Å². The number of sulfonamides is 1. The van der Waals surface area contributed by atoms with Crippen molar-refractivity contribution in [3.05, 3.63) is 0 Å². The lowest BCUT2D eigenvalue weighted by atomic mass is 9.90. The van der Waals surface area contributed by atoms with Crippen LogP contribution < -0.4 is 4.72 Å². The molecule has 2 heterocycles. The van der Waals surface area contributed by atoms with E-state index < -0.39 is 10.0 Å². The Labute approximate surface area is 120 Å². The number of nitrogens with zero attached hydrogens (tertiary/aromatic N) is 1. The maximum atomic E-state index is 11.8. The van der Waals surface area contributed by atoms with Crippen LogP contribution in [-0.4, -0.2) is 56.8 Å². The fourth-order valence-corrected chi connectivity index (χ4v) is 3.58. The molecule has 2 aliphatic rings. The Morgan fingerprint density at radius 1 is 1.45 bits per heavy atom. The maximum Gasteiger partial charge on any atom is 0.222 e. The second-order valence-electron chi connectivity index (χ2n) is 5.85. The molecule has 0 aromatic rings. The first kappa shape index (κ1) is 15.7. The molecule has 0 aromatic carbocycles. The van der Waals surface area contributed by atoms with Gasteiger partial charge in [-0.2, -0.15) is 0 Å². The minimum atomic E-state index is -3.18. The topological polar surface area (TPSA) is 75.7 Å². The number of nitrogens with one attached hydrogen (secondary N) is 1. The third-order valence-corrected chi connectivity index (χ3v) is 4.81. The average molecular weight is 304 g/mol. The molecule has 2 atom stereocenters. The van der Waals surface area contributed by atoms with Gasteiger partial charge in [-0.15, -0.1) is 0 Å². The predicted octanol–water partition coefficient (Wildman–Crippen LogP) is 0.486. The van der Waals surface area contributed by atoms with Crippen LogP contribution in [0.2, 0.25) is 0 Å². The Morgan fingerprint density at radius 3 is 2.85 bits per heavy atom. The molecule has 2 saturated heterocycles. The largest absolute Gasteiger partial charge is 0.368 e. The zero-order chi connectivity index (χ0) is 14.8. The predicted molar refractivity (Wildman–Crippen MR) is 75.8 cm³/mol. The molecular formula is C13H24N2O4S. The Bertz CT molecular complexity index is 465. The lowest BCUT2D eigenvalue weighted by molar-refractivity contribution is -0.137. The van der Waals surface area contributed by atoms with Gasteiger partial charge in [0.25, 0.3) is 0 Å². The van der Waals surface area contributed by atoms with Crippen LogP contribution >= 0.6 is 0 Å². The lowest BCUT2D eigenvalue weighted by Gasteiger charge is -2.38. The molecule has 2 fully saturated rings. The van der Waals surface area contributed by atoms with Crippen LogP contribution in [0.4, 0.5) is 0 Å². The third-order valence-electron chi connectivity index (χ3n) is 4.12. The Kier molecular flexibility index (Phi) is 4.71. The SMILES string of the molecule is CCC(=O)N1CC[C@]2(CCC[C@@H](CNS(C)(=O)=O)O2)C1. The summed E-state index contributed by atoms with van der Waals surface area (Å²) >= 11 is 0. The lowest BCUT2D eigenvalue weighted by Crippen LogP contribution is -2.47. The molecule has 20 heavy (non-hydrogen) atoms. The highest BCUT2D eigenvalue weighted by molar-refractivity contribution is 7.88. The standard InChI is InChI=1S/C13H24N2O4S/c1-3-12(16)15-8-7-13(10-15)6-4-5-11(19-13)9-14-20(2,17)18/h11,14H,3-10H2,1-2H3/t11-,13+/m0/s1. The fourth-order valence-electron chi connectivity index (χ4n) is 3.09. The van der Waals surface area contributed by atoms with Crippen LogP contribution in [0.1, 0.15) is 39.0 Å². The summed E-state index contributed by atoms with van der Waals surface area (Å²) in [5, 5.41) is 0. The van der Waals surface area contributed by atoms with Gasteiger partial charge in [-0.05, 0) is 25.7 Å². The number of rotatable bonds is 4. The number of carbonyl (C=O) groups excluding carboxylic acids is 1. The fraction of sp³-hybridized carbons (Fsp3) is 0.923. The number of likely N-dealkylation sites (tertiary alicyclic amines) is 1. The summed E-state index contributed by atoms with van der Waals surface area (Å²) in [6.45, 7) is 3.59. The van der Waals surface area contributed by atoms with E-state index in [0.717, 1.165) is 38.5 Å². The number of amides is 1. The number of hydrogen-bond acceptors (Lipinski definition) is 4. The minimum Gasteiger partial charge on any atom is -0.368 e. The molecule has 116 valence electrons. The molecule has 1 amide bonds. The molecule has 0 bridgehead atoms. The molecule has 0 unspecified atom stereocenters. The van der Waals surface area contributed by atoms with Crippen molar-refractivity contribution < 1.29 is 17.9 Å². The number of ether oxygens (including phenoxy) is 1. The van der Waals surface area contributed by atoms with Gasteiger partial charge >= 0.3 is 0 Å². The molecule has 0 aromatic heterocycles. The van der Waals surface area contributed by atoms with Crippen molar-refractivity contribution in [1.82, 2.24) is 9.62 Å². The van der Waals surface area contributed by atoms with Gasteiger partial charge in [0.1, 0.15) is 0 Å². The zero-order valence-corrected chi connectivity index (χ0v) is 13.0. The Balaban J connectivity index is 1.92. The summed E-state index contributed by atoms with van der Waals surface area (Å²) in [7, 11) is -3.18. The molecule has 1 spiro atoms. The van der Waals surface area contributed by atoms with Gasteiger partial charge in [0.05, 0.1) is 18.0 Å². The summed E-state index contributed by atoms with van der Waals surface area (Å²) in [5.41, 5.74) is -0.257. The van der Waals surface area contributed by atoms with E-state index in [9.17, 15) is 13.2 Å². The minimum absolute atomic E-state index is 0.0878. The number of carbonyl (C=O) groups is 1. The van der Waals surface area contributed by atoms with Crippen molar-refractivity contribution in [3.63, 3.8) is 0 Å². The van der Waals surface area contributed by atoms with E-state index in [1.165, 1.54) is 0 Å². The van der Waals surface area contributed by atoms with Gasteiger partial charge in [0.2, 0.25) is 15.9 Å². The number of hydrogen-bond donors (Lipinski definition) is 1. The molecule has 6 nitrogen and oxygen atoms in total. The van der Waals surface area contributed by atoms with Gasteiger partial charge in [-0.1, -0.05) is 6.92 Å².